The fourth-order valence-corrected chi connectivity index (χ4v) is 6.19. The lowest BCUT2D eigenvalue weighted by molar-refractivity contribution is -0.137. The Morgan fingerprint density at radius 1 is 1.00 bits per heavy atom. The average molecular weight is 633 g/mol. The number of amides is 1. The van der Waals surface area contributed by atoms with Gasteiger partial charge in [0, 0.05) is 30.8 Å². The molecule has 12 heteroatoms. The minimum atomic E-state index is -4.41. The molecule has 5 rings (SSSR count). The molecule has 0 radical (unpaired) electrons. The Bertz CT molecular complexity index is 1510. The van der Waals surface area contributed by atoms with Crippen molar-refractivity contribution in [2.24, 2.45) is 0 Å². The molecule has 2 aliphatic rings. The zero-order valence-corrected chi connectivity index (χ0v) is 25.1. The van der Waals surface area contributed by atoms with Gasteiger partial charge in [0.15, 0.2) is 9.84 Å². The van der Waals surface area contributed by atoms with Gasteiger partial charge < -0.3 is 24.4 Å². The van der Waals surface area contributed by atoms with E-state index in [2.05, 4.69) is 10.2 Å². The predicted octanol–water partition coefficient (Wildman–Crippen LogP) is 5.26. The number of anilines is 1. The number of hydrogen-bond acceptors (Lipinski definition) is 7. The molecule has 0 bridgehead atoms. The maximum Gasteiger partial charge on any atom is 0.416 e. The van der Waals surface area contributed by atoms with Crippen molar-refractivity contribution < 1.29 is 40.6 Å². The summed E-state index contributed by atoms with van der Waals surface area (Å²) in [6, 6.07) is 18.3. The Hall–Kier alpha value is -3.61. The fraction of sp³-hybridized carbons (Fsp3) is 0.406. The van der Waals surface area contributed by atoms with Crippen LogP contribution in [0.2, 0.25) is 0 Å². The van der Waals surface area contributed by atoms with Gasteiger partial charge in [-0.1, -0.05) is 19.1 Å². The Kier molecular flexibility index (Phi) is 9.81. The minimum Gasteiger partial charge on any atom is -0.489 e. The first-order valence-electron chi connectivity index (χ1n) is 14.5. The van der Waals surface area contributed by atoms with Crippen molar-refractivity contribution in [1.29, 1.82) is 0 Å². The standard InChI is InChI=1S/C32H35F3N2O6S/c1-2-44(39,40)30-13-3-22(4-14-30)18-36-31(38)23-5-9-25(10-6-23)37-19-29(17-26(37)20-42-28-15-16-41-21-28)43-27-11-7-24(8-12-27)32(33,34)35/h3-14,26,28-29H,2,15-21H2,1H3,(H,36,38)/t26-,28-,29+/m0/s1. The van der Waals surface area contributed by atoms with E-state index in [1.54, 1.807) is 43.3 Å². The summed E-state index contributed by atoms with van der Waals surface area (Å²) in [6.07, 6.45) is -3.24. The van der Waals surface area contributed by atoms with Gasteiger partial charge in [-0.3, -0.25) is 4.79 Å². The second-order valence-electron chi connectivity index (χ2n) is 10.9. The topological polar surface area (TPSA) is 94.2 Å². The summed E-state index contributed by atoms with van der Waals surface area (Å²) in [7, 11) is -3.29. The van der Waals surface area contributed by atoms with Gasteiger partial charge in [0.2, 0.25) is 0 Å². The summed E-state index contributed by atoms with van der Waals surface area (Å²) in [5.74, 6) is 0.113. The number of carbonyl (C=O) groups excluding carboxylic acids is 1. The summed E-state index contributed by atoms with van der Waals surface area (Å²) in [6.45, 7) is 3.96. The Morgan fingerprint density at radius 2 is 1.70 bits per heavy atom. The van der Waals surface area contributed by atoms with E-state index in [1.165, 1.54) is 12.1 Å². The summed E-state index contributed by atoms with van der Waals surface area (Å²) in [5, 5.41) is 2.86. The number of alkyl halides is 3. The Balaban J connectivity index is 1.22. The zero-order valence-electron chi connectivity index (χ0n) is 24.3. The van der Waals surface area contributed by atoms with E-state index in [0.29, 0.717) is 44.1 Å². The van der Waals surface area contributed by atoms with Crippen molar-refractivity contribution in [3.63, 3.8) is 0 Å². The highest BCUT2D eigenvalue weighted by atomic mass is 32.2. The molecule has 0 unspecified atom stereocenters. The first-order valence-corrected chi connectivity index (χ1v) is 16.2. The quantitative estimate of drug-likeness (QED) is 0.308. The van der Waals surface area contributed by atoms with E-state index in [0.717, 1.165) is 29.8 Å². The van der Waals surface area contributed by atoms with Crippen LogP contribution >= 0.6 is 0 Å². The Morgan fingerprint density at radius 3 is 2.32 bits per heavy atom. The van der Waals surface area contributed by atoms with E-state index >= 15 is 0 Å². The number of benzene rings is 3. The normalized spacial score (nSPS) is 20.5. The molecular weight excluding hydrogens is 597 g/mol. The summed E-state index contributed by atoms with van der Waals surface area (Å²) in [5.41, 5.74) is 1.37. The number of nitrogens with zero attached hydrogens (tertiary/aromatic N) is 1. The first-order chi connectivity index (χ1) is 21.0. The monoisotopic (exact) mass is 632 g/mol. The molecule has 2 fully saturated rings. The average Bonchev–Trinajstić information content (AvgIpc) is 3.69. The summed E-state index contributed by atoms with van der Waals surface area (Å²) >= 11 is 0. The predicted molar refractivity (Wildman–Crippen MR) is 159 cm³/mol. The number of nitrogens with one attached hydrogen (secondary N) is 1. The third-order valence-corrected chi connectivity index (χ3v) is 9.60. The number of ether oxygens (including phenoxy) is 3. The van der Waals surface area contributed by atoms with Gasteiger partial charge >= 0.3 is 6.18 Å². The van der Waals surface area contributed by atoms with E-state index in [1.807, 2.05) is 12.1 Å². The fourth-order valence-electron chi connectivity index (χ4n) is 5.31. The van der Waals surface area contributed by atoms with Gasteiger partial charge in [-0.05, 0) is 72.6 Å². The van der Waals surface area contributed by atoms with Crippen LogP contribution < -0.4 is 15.0 Å². The van der Waals surface area contributed by atoms with Crippen LogP contribution in [0.15, 0.2) is 77.7 Å². The molecule has 3 aromatic rings. The minimum absolute atomic E-state index is 0.0186. The van der Waals surface area contributed by atoms with E-state index in [9.17, 15) is 26.4 Å². The number of hydrogen-bond donors (Lipinski definition) is 1. The molecule has 0 spiro atoms. The maximum atomic E-state index is 13.0. The number of halogens is 3. The Labute approximate surface area is 255 Å². The molecule has 44 heavy (non-hydrogen) atoms. The van der Waals surface area contributed by atoms with Crippen LogP contribution in [-0.2, 0) is 32.0 Å². The smallest absolute Gasteiger partial charge is 0.416 e. The highest BCUT2D eigenvalue weighted by molar-refractivity contribution is 7.91. The molecule has 3 aromatic carbocycles. The van der Waals surface area contributed by atoms with Crippen molar-refractivity contribution in [2.45, 2.75) is 55.6 Å². The molecule has 1 amide bonds. The lowest BCUT2D eigenvalue weighted by atomic mass is 10.1. The summed E-state index contributed by atoms with van der Waals surface area (Å²) < 4.78 is 80.6. The van der Waals surface area contributed by atoms with Gasteiger partial charge in [0.1, 0.15) is 11.9 Å². The zero-order chi connectivity index (χ0) is 31.3. The van der Waals surface area contributed by atoms with Crippen LogP contribution in [0.4, 0.5) is 18.9 Å². The second kappa shape index (κ2) is 13.6. The largest absolute Gasteiger partial charge is 0.489 e. The third kappa shape index (κ3) is 7.91. The van der Waals surface area contributed by atoms with Crippen molar-refractivity contribution >= 4 is 21.4 Å². The van der Waals surface area contributed by atoms with Gasteiger partial charge in [-0.15, -0.1) is 0 Å². The van der Waals surface area contributed by atoms with Crippen LogP contribution in [0.3, 0.4) is 0 Å². The van der Waals surface area contributed by atoms with Crippen molar-refractivity contribution in [3.05, 3.63) is 89.5 Å². The number of carbonyl (C=O) groups is 1. The molecule has 2 aliphatic heterocycles. The molecule has 0 aliphatic carbocycles. The number of rotatable bonds is 11. The molecule has 0 saturated carbocycles. The molecule has 8 nitrogen and oxygen atoms in total. The first kappa shape index (κ1) is 31.8. The lowest BCUT2D eigenvalue weighted by Gasteiger charge is -2.27. The molecule has 1 N–H and O–H groups in total. The molecule has 2 saturated heterocycles. The molecule has 3 atom stereocenters. The van der Waals surface area contributed by atoms with E-state index < -0.39 is 21.6 Å². The molecule has 0 aromatic heterocycles. The van der Waals surface area contributed by atoms with Gasteiger partial charge in [-0.2, -0.15) is 13.2 Å². The van der Waals surface area contributed by atoms with Crippen LogP contribution in [0, 0.1) is 0 Å². The highest BCUT2D eigenvalue weighted by Crippen LogP contribution is 2.33. The van der Waals surface area contributed by atoms with E-state index in [4.69, 9.17) is 14.2 Å². The molecule has 236 valence electrons. The second-order valence-corrected chi connectivity index (χ2v) is 13.2. The van der Waals surface area contributed by atoms with Crippen molar-refractivity contribution in [1.82, 2.24) is 5.32 Å². The van der Waals surface area contributed by atoms with Gasteiger partial charge in [0.05, 0.1) is 48.1 Å². The van der Waals surface area contributed by atoms with E-state index in [-0.39, 0.29) is 41.4 Å². The van der Waals surface area contributed by atoms with Gasteiger partial charge in [-0.25, -0.2) is 8.42 Å². The lowest BCUT2D eigenvalue weighted by Crippen LogP contribution is -2.35. The maximum absolute atomic E-state index is 13.0. The molecular formula is C32H35F3N2O6S. The third-order valence-electron chi connectivity index (χ3n) is 7.85. The van der Waals surface area contributed by atoms with Crippen LogP contribution in [0.1, 0.15) is 41.3 Å². The van der Waals surface area contributed by atoms with Crippen LogP contribution in [-0.4, -0.2) is 64.7 Å². The van der Waals surface area contributed by atoms with Crippen LogP contribution in [0.25, 0.3) is 0 Å². The van der Waals surface area contributed by atoms with Crippen molar-refractivity contribution in [3.8, 4) is 5.75 Å². The van der Waals surface area contributed by atoms with Gasteiger partial charge in [0.25, 0.3) is 5.91 Å². The van der Waals surface area contributed by atoms with Crippen molar-refractivity contribution in [2.75, 3.05) is 37.0 Å². The highest BCUT2D eigenvalue weighted by Gasteiger charge is 2.35. The molecule has 2 heterocycles. The summed E-state index contributed by atoms with van der Waals surface area (Å²) in [4.78, 5) is 15.2. The van der Waals surface area contributed by atoms with Crippen LogP contribution in [0.5, 0.6) is 5.75 Å². The SMILES string of the molecule is CCS(=O)(=O)c1ccc(CNC(=O)c2ccc(N3C[C@H](Oc4ccc(C(F)(F)F)cc4)C[C@H]3CO[C@H]3CCOC3)cc2)cc1. The number of sulfone groups is 1.